The second kappa shape index (κ2) is 7.71. The van der Waals surface area contributed by atoms with Gasteiger partial charge in [-0.2, -0.15) is 8.78 Å². The Bertz CT molecular complexity index is 313. The Hall–Kier alpha value is -0.550. The Balaban J connectivity index is 2.35. The highest BCUT2D eigenvalue weighted by atomic mass is 32.2. The lowest BCUT2D eigenvalue weighted by atomic mass is 10.2. The summed E-state index contributed by atoms with van der Waals surface area (Å²) in [5.41, 5.74) is 0. The zero-order chi connectivity index (χ0) is 12.7. The van der Waals surface area contributed by atoms with Gasteiger partial charge in [-0.05, 0) is 25.0 Å². The van der Waals surface area contributed by atoms with E-state index in [9.17, 15) is 8.78 Å². The third-order valence-corrected chi connectivity index (χ3v) is 3.32. The molecule has 2 nitrogen and oxygen atoms in total. The molecule has 0 fully saturated rings. The zero-order valence-electron chi connectivity index (χ0n) is 10.2. The summed E-state index contributed by atoms with van der Waals surface area (Å²) in [7, 11) is 0. The third kappa shape index (κ3) is 5.55. The standard InChI is InChI=1S/C12H19F2NOS/c1-3-9(4-2)15-7-10-5-6-11(16-10)8-17-12(13)14/h5-6,9,12,15H,3-4,7-8H2,1-2H3. The summed E-state index contributed by atoms with van der Waals surface area (Å²) in [5.74, 6) is -0.701. The zero-order valence-corrected chi connectivity index (χ0v) is 11.0. The summed E-state index contributed by atoms with van der Waals surface area (Å²) < 4.78 is 29.4. The Morgan fingerprint density at radius 3 is 2.47 bits per heavy atom. The Morgan fingerprint density at radius 2 is 1.88 bits per heavy atom. The van der Waals surface area contributed by atoms with E-state index >= 15 is 0 Å². The molecule has 1 aromatic rings. The van der Waals surface area contributed by atoms with Crippen LogP contribution >= 0.6 is 11.8 Å². The van der Waals surface area contributed by atoms with Gasteiger partial charge < -0.3 is 9.73 Å². The van der Waals surface area contributed by atoms with Crippen molar-refractivity contribution in [3.05, 3.63) is 23.7 Å². The van der Waals surface area contributed by atoms with Crippen molar-refractivity contribution in [1.82, 2.24) is 5.32 Å². The fourth-order valence-electron chi connectivity index (χ4n) is 1.56. The van der Waals surface area contributed by atoms with E-state index in [1.165, 1.54) is 0 Å². The van der Waals surface area contributed by atoms with Gasteiger partial charge >= 0.3 is 0 Å². The minimum atomic E-state index is -2.34. The summed E-state index contributed by atoms with van der Waals surface area (Å²) in [5, 5.41) is 3.36. The average Bonchev–Trinajstić information content (AvgIpc) is 2.76. The predicted molar refractivity (Wildman–Crippen MR) is 67.2 cm³/mol. The van der Waals surface area contributed by atoms with E-state index in [1.807, 2.05) is 6.07 Å². The van der Waals surface area contributed by atoms with Crippen molar-refractivity contribution in [3.8, 4) is 0 Å². The van der Waals surface area contributed by atoms with Gasteiger partial charge in [-0.25, -0.2) is 0 Å². The molecule has 0 spiro atoms. The molecule has 0 amide bonds. The van der Waals surface area contributed by atoms with Gasteiger partial charge in [0.2, 0.25) is 0 Å². The van der Waals surface area contributed by atoms with E-state index in [2.05, 4.69) is 19.2 Å². The molecule has 0 bridgehead atoms. The Morgan fingerprint density at radius 1 is 1.24 bits per heavy atom. The van der Waals surface area contributed by atoms with Crippen LogP contribution in [-0.2, 0) is 12.3 Å². The van der Waals surface area contributed by atoms with Gasteiger partial charge in [-0.3, -0.25) is 0 Å². The van der Waals surface area contributed by atoms with Crippen molar-refractivity contribution in [1.29, 1.82) is 0 Å². The molecule has 98 valence electrons. The number of alkyl halides is 2. The number of nitrogens with one attached hydrogen (secondary N) is 1. The number of halogens is 2. The summed E-state index contributed by atoms with van der Waals surface area (Å²) in [6, 6.07) is 4.09. The van der Waals surface area contributed by atoms with Crippen LogP contribution in [0.3, 0.4) is 0 Å². The van der Waals surface area contributed by atoms with Gasteiger partial charge in [0.25, 0.3) is 5.76 Å². The van der Waals surface area contributed by atoms with Crippen molar-refractivity contribution in [3.63, 3.8) is 0 Å². The molecule has 0 aliphatic carbocycles. The molecular weight excluding hydrogens is 244 g/mol. The lowest BCUT2D eigenvalue weighted by Crippen LogP contribution is -2.26. The molecule has 0 aliphatic heterocycles. The monoisotopic (exact) mass is 263 g/mol. The van der Waals surface area contributed by atoms with Crippen LogP contribution in [0, 0.1) is 0 Å². The maximum absolute atomic E-state index is 12.0. The molecule has 5 heteroatoms. The van der Waals surface area contributed by atoms with Crippen molar-refractivity contribution < 1.29 is 13.2 Å². The minimum Gasteiger partial charge on any atom is -0.464 e. The van der Waals surface area contributed by atoms with Crippen LogP contribution in [0.15, 0.2) is 16.5 Å². The van der Waals surface area contributed by atoms with E-state index in [0.717, 1.165) is 18.6 Å². The van der Waals surface area contributed by atoms with Crippen molar-refractivity contribution in [2.75, 3.05) is 0 Å². The van der Waals surface area contributed by atoms with E-state index < -0.39 is 5.76 Å². The highest BCUT2D eigenvalue weighted by Gasteiger charge is 2.08. The smallest absolute Gasteiger partial charge is 0.284 e. The van der Waals surface area contributed by atoms with E-state index in [4.69, 9.17) is 4.42 Å². The lowest BCUT2D eigenvalue weighted by molar-refractivity contribution is 0.251. The third-order valence-electron chi connectivity index (χ3n) is 2.62. The molecule has 17 heavy (non-hydrogen) atoms. The molecule has 1 aromatic heterocycles. The summed E-state index contributed by atoms with van der Waals surface area (Å²) in [6.45, 7) is 4.92. The first-order valence-corrected chi connectivity index (χ1v) is 6.91. The Kier molecular flexibility index (Phi) is 6.58. The maximum Gasteiger partial charge on any atom is 0.284 e. The van der Waals surface area contributed by atoms with Gasteiger partial charge in [-0.15, -0.1) is 0 Å². The topological polar surface area (TPSA) is 25.2 Å². The Labute approximate surface area is 105 Å². The van der Waals surface area contributed by atoms with Crippen LogP contribution < -0.4 is 5.32 Å². The number of furan rings is 1. The summed E-state index contributed by atoms with van der Waals surface area (Å²) >= 11 is 0.584. The molecule has 0 aromatic carbocycles. The van der Waals surface area contributed by atoms with Crippen LogP contribution in [-0.4, -0.2) is 11.8 Å². The SMILES string of the molecule is CCC(CC)NCc1ccc(CSC(F)F)o1. The first kappa shape index (κ1) is 14.5. The van der Waals surface area contributed by atoms with Crippen LogP contribution in [0.25, 0.3) is 0 Å². The second-order valence-corrected chi connectivity index (χ2v) is 4.81. The van der Waals surface area contributed by atoms with Gasteiger partial charge in [0.15, 0.2) is 0 Å². The highest BCUT2D eigenvalue weighted by Crippen LogP contribution is 2.21. The van der Waals surface area contributed by atoms with Gasteiger partial charge in [0, 0.05) is 6.04 Å². The molecule has 0 radical (unpaired) electrons. The number of thioether (sulfide) groups is 1. The van der Waals surface area contributed by atoms with Crippen LogP contribution in [0.5, 0.6) is 0 Å². The molecular formula is C12H19F2NOS. The normalized spacial score (nSPS) is 11.6. The van der Waals surface area contributed by atoms with E-state index in [-0.39, 0.29) is 5.75 Å². The first-order chi connectivity index (χ1) is 8.15. The van der Waals surface area contributed by atoms with Crippen molar-refractivity contribution in [2.45, 2.75) is 50.8 Å². The highest BCUT2D eigenvalue weighted by molar-refractivity contribution is 7.98. The van der Waals surface area contributed by atoms with Crippen molar-refractivity contribution in [2.24, 2.45) is 0 Å². The summed E-state index contributed by atoms with van der Waals surface area (Å²) in [4.78, 5) is 0. The predicted octanol–water partition coefficient (Wildman–Crippen LogP) is 4.01. The van der Waals surface area contributed by atoms with Crippen molar-refractivity contribution >= 4 is 11.8 Å². The largest absolute Gasteiger partial charge is 0.464 e. The van der Waals surface area contributed by atoms with Gasteiger partial charge in [-0.1, -0.05) is 25.6 Å². The number of hydrogen-bond donors (Lipinski definition) is 1. The molecule has 0 atom stereocenters. The molecule has 0 saturated heterocycles. The first-order valence-electron chi connectivity index (χ1n) is 5.86. The molecule has 0 saturated carbocycles. The number of hydrogen-bond acceptors (Lipinski definition) is 3. The second-order valence-electron chi connectivity index (χ2n) is 3.83. The van der Waals surface area contributed by atoms with E-state index in [1.54, 1.807) is 6.07 Å². The molecule has 0 aliphatic rings. The van der Waals surface area contributed by atoms with Crippen LogP contribution in [0.1, 0.15) is 38.2 Å². The molecule has 0 unspecified atom stereocenters. The minimum absolute atomic E-state index is 0.225. The fourth-order valence-corrected chi connectivity index (χ4v) is 2.01. The molecule has 1 heterocycles. The van der Waals surface area contributed by atoms with Gasteiger partial charge in [0.05, 0.1) is 12.3 Å². The maximum atomic E-state index is 12.0. The summed E-state index contributed by atoms with van der Waals surface area (Å²) in [6.07, 6.45) is 2.15. The quantitative estimate of drug-likeness (QED) is 0.767. The fraction of sp³-hybridized carbons (Fsp3) is 0.667. The van der Waals surface area contributed by atoms with E-state index in [0.29, 0.717) is 30.1 Å². The van der Waals surface area contributed by atoms with Gasteiger partial charge in [0.1, 0.15) is 11.5 Å². The molecule has 1 rings (SSSR count). The van der Waals surface area contributed by atoms with Crippen LogP contribution in [0.2, 0.25) is 0 Å². The van der Waals surface area contributed by atoms with Crippen LogP contribution in [0.4, 0.5) is 8.78 Å². The number of rotatable bonds is 8. The molecule has 1 N–H and O–H groups in total. The lowest BCUT2D eigenvalue weighted by Gasteiger charge is -2.12. The average molecular weight is 263 g/mol.